The number of amidine groups is 1. The molecule has 3 rings (SSSR count). The molecule has 0 radical (unpaired) electrons. The molecule has 50 heavy (non-hydrogen) atoms. The van der Waals surface area contributed by atoms with Crippen molar-refractivity contribution in [3.05, 3.63) is 51.7 Å². The highest BCUT2D eigenvalue weighted by Crippen LogP contribution is 2.26. The summed E-state index contributed by atoms with van der Waals surface area (Å²) in [5, 5.41) is 25.9. The highest BCUT2D eigenvalue weighted by atomic mass is 32.2. The first-order chi connectivity index (χ1) is 22.8. The second kappa shape index (κ2) is 18.2. The Hall–Kier alpha value is -4.88. The fraction of sp³-hybridized carbons (Fsp3) is 0.360. The molecule has 1 unspecified atom stereocenters. The third kappa shape index (κ3) is 15.1. The van der Waals surface area contributed by atoms with Crippen LogP contribution in [-0.4, -0.2) is 100 Å². The van der Waals surface area contributed by atoms with Crippen molar-refractivity contribution in [2.45, 2.75) is 43.8 Å². The van der Waals surface area contributed by atoms with E-state index in [-0.39, 0.29) is 5.84 Å². The summed E-state index contributed by atoms with van der Waals surface area (Å²) in [6.07, 6.45) is -9.19. The second-order valence-electron chi connectivity index (χ2n) is 9.54. The Labute approximate surface area is 279 Å². The summed E-state index contributed by atoms with van der Waals surface area (Å²) in [6.45, 7) is 0.869. The van der Waals surface area contributed by atoms with Crippen molar-refractivity contribution in [2.75, 3.05) is 12.3 Å². The lowest BCUT2D eigenvalue weighted by atomic mass is 10.2. The average Bonchev–Trinajstić information content (AvgIpc) is 3.66. The molecule has 2 heterocycles. The number of halogens is 7. The van der Waals surface area contributed by atoms with E-state index in [2.05, 4.69) is 5.32 Å². The van der Waals surface area contributed by atoms with E-state index >= 15 is 0 Å². The van der Waals surface area contributed by atoms with Crippen molar-refractivity contribution < 1.29 is 87.7 Å². The van der Waals surface area contributed by atoms with Gasteiger partial charge in [0.1, 0.15) is 28.3 Å². The van der Waals surface area contributed by atoms with Gasteiger partial charge in [0.15, 0.2) is 0 Å². The van der Waals surface area contributed by atoms with Gasteiger partial charge in [-0.2, -0.15) is 34.8 Å². The number of ether oxygens (including phenoxy) is 1. The lowest BCUT2D eigenvalue weighted by Gasteiger charge is -2.24. The van der Waals surface area contributed by atoms with Gasteiger partial charge >= 0.3 is 36.2 Å². The Morgan fingerprint density at radius 1 is 1.02 bits per heavy atom. The summed E-state index contributed by atoms with van der Waals surface area (Å²) in [6, 6.07) is 7.06. The van der Waals surface area contributed by atoms with Crippen molar-refractivity contribution in [1.82, 2.24) is 10.2 Å². The Kier molecular flexibility index (Phi) is 15.7. The van der Waals surface area contributed by atoms with Crippen LogP contribution in [-0.2, 0) is 40.8 Å². The first-order valence-electron chi connectivity index (χ1n) is 13.0. The molecular weight excluding hydrogens is 745 g/mol. The molecule has 1 saturated heterocycles. The number of esters is 1. The molecule has 1 aromatic heterocycles. The van der Waals surface area contributed by atoms with Crippen LogP contribution in [0.4, 0.5) is 30.9 Å². The van der Waals surface area contributed by atoms with Crippen LogP contribution >= 0.6 is 11.3 Å². The largest absolute Gasteiger partial charge is 0.494 e. The number of thiophene rings is 1. The molecule has 1 amide bonds. The van der Waals surface area contributed by atoms with Gasteiger partial charge < -0.3 is 26.0 Å². The van der Waals surface area contributed by atoms with E-state index in [1.807, 2.05) is 9.84 Å². The minimum atomic E-state index is -5.23. The van der Waals surface area contributed by atoms with Crippen LogP contribution in [0, 0.1) is 5.41 Å². The Morgan fingerprint density at radius 2 is 1.58 bits per heavy atom. The molecule has 1 aromatic carbocycles. The van der Waals surface area contributed by atoms with E-state index in [0.717, 1.165) is 4.88 Å². The topological polar surface area (TPSA) is 264 Å². The SMILES string of the molecule is N=C(N)c1ccc(OC(=O)c2ccc(CN3CCCC3C(=O)N[C@@H](CS(=O)(=O)O)C(=O)O)s2)cc1.O=C(O)C(F)(F)F.O=C(OF)C(F)(F)F. The maximum absolute atomic E-state index is 12.6. The number of rotatable bonds is 10. The number of aliphatic carboxylic acids is 2. The Balaban J connectivity index is 0.000000693. The number of carboxylic acid groups (broad SMARTS) is 2. The monoisotopic (exact) mass is 770 g/mol. The van der Waals surface area contributed by atoms with Crippen LogP contribution in [0.25, 0.3) is 0 Å². The molecule has 0 saturated carbocycles. The van der Waals surface area contributed by atoms with Crippen LogP contribution in [0.15, 0.2) is 36.4 Å². The number of nitrogens with one attached hydrogen (secondary N) is 2. The minimum absolute atomic E-state index is 0.100. The Bertz CT molecular complexity index is 1650. The van der Waals surface area contributed by atoms with E-state index in [1.54, 1.807) is 24.3 Å². The molecule has 1 aliphatic rings. The molecule has 0 bridgehead atoms. The van der Waals surface area contributed by atoms with Crippen LogP contribution in [0.3, 0.4) is 0 Å². The molecule has 1 aliphatic heterocycles. The van der Waals surface area contributed by atoms with Crippen molar-refractivity contribution in [2.24, 2.45) is 5.73 Å². The zero-order chi connectivity index (χ0) is 38.6. The summed E-state index contributed by atoms with van der Waals surface area (Å²) in [5.41, 5.74) is 5.90. The summed E-state index contributed by atoms with van der Waals surface area (Å²) in [7, 11) is -4.60. The number of hydrogen-bond donors (Lipinski definition) is 6. The van der Waals surface area contributed by atoms with Crippen LogP contribution in [0.5, 0.6) is 5.75 Å². The number of alkyl halides is 6. The van der Waals surface area contributed by atoms with E-state index in [9.17, 15) is 53.7 Å². The minimum Gasteiger partial charge on any atom is -0.480 e. The Morgan fingerprint density at radius 3 is 2.00 bits per heavy atom. The number of carbonyl (C=O) groups is 5. The molecule has 278 valence electrons. The molecule has 7 N–H and O–H groups in total. The zero-order valence-electron chi connectivity index (χ0n) is 24.7. The number of nitrogen functional groups attached to an aromatic ring is 1. The van der Waals surface area contributed by atoms with Gasteiger partial charge in [-0.05, 0) is 55.8 Å². The lowest BCUT2D eigenvalue weighted by Crippen LogP contribution is -2.51. The zero-order valence-corrected chi connectivity index (χ0v) is 26.3. The number of nitrogens with zero attached hydrogens (tertiary/aromatic N) is 1. The molecule has 2 aromatic rings. The smallest absolute Gasteiger partial charge is 0.480 e. The van der Waals surface area contributed by atoms with E-state index < -0.39 is 70.1 Å². The van der Waals surface area contributed by atoms with Gasteiger partial charge in [0, 0.05) is 21.5 Å². The maximum atomic E-state index is 12.6. The van der Waals surface area contributed by atoms with Crippen molar-refractivity contribution >= 4 is 57.1 Å². The standard InChI is InChI=1S/C21H24N4O8S2.C2F4O2.C2HF3O2/c22-18(23)12-3-5-13(6-4-12)33-21(29)17-8-7-14(34-17)10-25-9-1-2-16(25)19(26)24-15(20(27)28)11-35(30,31)32;3-2(4,5)1(7)8-6;3-2(4,5)1(6)7/h3-8,15-16H,1-2,9-11H2,(H3,22,23)(H,24,26)(H,27,28)(H,30,31,32);;(H,6,7)/t15-,16?;;/m0../s1. The summed E-state index contributed by atoms with van der Waals surface area (Å²) < 4.78 is 111. The summed E-state index contributed by atoms with van der Waals surface area (Å²) >= 11 is 1.19. The number of nitrogens with two attached hydrogens (primary N) is 1. The first kappa shape index (κ1) is 43.1. The third-order valence-corrected chi connectivity index (χ3v) is 7.60. The normalized spacial score (nSPS) is 15.2. The fourth-order valence-corrected chi connectivity index (χ4v) is 5.20. The van der Waals surface area contributed by atoms with Crippen LogP contribution in [0.2, 0.25) is 0 Å². The van der Waals surface area contributed by atoms with Gasteiger partial charge in [0.25, 0.3) is 10.1 Å². The van der Waals surface area contributed by atoms with Gasteiger partial charge in [-0.3, -0.25) is 19.7 Å². The van der Waals surface area contributed by atoms with Crippen LogP contribution < -0.4 is 15.8 Å². The predicted octanol–water partition coefficient (Wildman–Crippen LogP) is 2.28. The van der Waals surface area contributed by atoms with E-state index in [4.69, 9.17) is 40.2 Å². The molecule has 0 spiro atoms. The number of likely N-dealkylation sites (tertiary alicyclic amines) is 1. The van der Waals surface area contributed by atoms with Crippen molar-refractivity contribution in [3.63, 3.8) is 0 Å². The highest BCUT2D eigenvalue weighted by molar-refractivity contribution is 7.85. The number of amides is 1. The highest BCUT2D eigenvalue weighted by Gasteiger charge is 2.42. The van der Waals surface area contributed by atoms with Crippen molar-refractivity contribution in [3.8, 4) is 5.75 Å². The molecule has 1 fully saturated rings. The van der Waals surface area contributed by atoms with Gasteiger partial charge in [-0.1, -0.05) is 0 Å². The number of carbonyl (C=O) groups excluding carboxylic acids is 3. The molecule has 16 nitrogen and oxygen atoms in total. The quantitative estimate of drug-likeness (QED) is 0.0506. The third-order valence-electron chi connectivity index (χ3n) is 5.80. The summed E-state index contributed by atoms with van der Waals surface area (Å²) in [5.74, 6) is -9.32. The van der Waals surface area contributed by atoms with Crippen molar-refractivity contribution in [1.29, 1.82) is 5.41 Å². The second-order valence-corrected chi connectivity index (χ2v) is 12.2. The van der Waals surface area contributed by atoms with Gasteiger partial charge in [-0.25, -0.2) is 24.1 Å². The number of benzene rings is 1. The number of carboxylic acids is 2. The number of hydrogen-bond acceptors (Lipinski definition) is 12. The lowest BCUT2D eigenvalue weighted by molar-refractivity contribution is -0.234. The van der Waals surface area contributed by atoms with Gasteiger partial charge in [0.2, 0.25) is 5.91 Å². The first-order valence-corrected chi connectivity index (χ1v) is 15.5. The average molecular weight is 771 g/mol. The maximum Gasteiger partial charge on any atom is 0.494 e. The summed E-state index contributed by atoms with van der Waals surface area (Å²) in [4.78, 5) is 59.2. The molecule has 0 aliphatic carbocycles. The van der Waals surface area contributed by atoms with Gasteiger partial charge in [-0.15, -0.1) is 11.3 Å². The molecular formula is C25H25F7N4O12S2. The van der Waals surface area contributed by atoms with E-state index in [0.29, 0.717) is 42.1 Å². The van der Waals surface area contributed by atoms with Crippen LogP contribution in [0.1, 0.15) is 33.0 Å². The van der Waals surface area contributed by atoms with Gasteiger partial charge in [0.05, 0.1) is 6.04 Å². The fourth-order valence-electron chi connectivity index (χ4n) is 3.64. The molecule has 25 heteroatoms. The van der Waals surface area contributed by atoms with E-state index in [1.165, 1.54) is 23.5 Å². The predicted molar refractivity (Wildman–Crippen MR) is 153 cm³/mol. The molecule has 2 atom stereocenters.